The van der Waals surface area contributed by atoms with Crippen LogP contribution in [0, 0.1) is 11.8 Å². The van der Waals surface area contributed by atoms with Gasteiger partial charge >= 0.3 is 0 Å². The first kappa shape index (κ1) is 17.9. The average molecular weight is 370 g/mol. The Bertz CT molecular complexity index is 921. The number of benzene rings is 1. The highest BCUT2D eigenvalue weighted by molar-refractivity contribution is 6.13. The van der Waals surface area contributed by atoms with E-state index >= 15 is 0 Å². The van der Waals surface area contributed by atoms with E-state index < -0.39 is 40.7 Å². The summed E-state index contributed by atoms with van der Waals surface area (Å²) in [7, 11) is 1.58. The van der Waals surface area contributed by atoms with Gasteiger partial charge in [-0.15, -0.1) is 0 Å². The summed E-state index contributed by atoms with van der Waals surface area (Å²) in [4.78, 5) is 52.9. The zero-order valence-corrected chi connectivity index (χ0v) is 15.8. The standard InChI is InChI=1S/C20H22N2O5/c1-10(23)8-14(24)22-17(25)16-12(19(22,2)3)9-11-6-5-7-13-15(11)20(16,27)18(26)21(13)4/h5-7,12,16,27H,8-9H2,1-4H3/t12-,16+,20?/m1/s1. The number of hydrogen-bond acceptors (Lipinski definition) is 5. The van der Waals surface area contributed by atoms with Crippen LogP contribution in [0.3, 0.4) is 0 Å². The minimum absolute atomic E-state index is 0.334. The molecule has 1 aliphatic carbocycles. The molecule has 2 aliphatic heterocycles. The molecular formula is C20H22N2O5. The van der Waals surface area contributed by atoms with E-state index in [1.807, 2.05) is 12.1 Å². The van der Waals surface area contributed by atoms with Crippen LogP contribution in [0.1, 0.15) is 38.3 Å². The van der Waals surface area contributed by atoms with E-state index in [4.69, 9.17) is 0 Å². The maximum atomic E-state index is 13.3. The molecule has 2 heterocycles. The van der Waals surface area contributed by atoms with Gasteiger partial charge in [-0.05, 0) is 38.8 Å². The third-order valence-electron chi connectivity index (χ3n) is 6.41. The van der Waals surface area contributed by atoms with Crippen LogP contribution in [0.2, 0.25) is 0 Å². The van der Waals surface area contributed by atoms with E-state index in [9.17, 15) is 24.3 Å². The molecule has 4 rings (SSSR count). The highest BCUT2D eigenvalue weighted by atomic mass is 16.3. The maximum absolute atomic E-state index is 13.3. The Morgan fingerprint density at radius 2 is 1.93 bits per heavy atom. The number of carbonyl (C=O) groups is 4. The summed E-state index contributed by atoms with van der Waals surface area (Å²) in [5, 5.41) is 11.6. The number of imide groups is 1. The Kier molecular flexibility index (Phi) is 3.47. The molecule has 1 unspecified atom stereocenters. The molecule has 142 valence electrons. The lowest BCUT2D eigenvalue weighted by Crippen LogP contribution is -2.52. The van der Waals surface area contributed by atoms with Crippen molar-refractivity contribution in [1.29, 1.82) is 0 Å². The first-order chi connectivity index (χ1) is 12.5. The van der Waals surface area contributed by atoms with Crippen LogP contribution >= 0.6 is 0 Å². The normalized spacial score (nSPS) is 30.4. The SMILES string of the molecule is CC(=O)CC(=O)N1C(=O)[C@@H]2[C@@H](Cc3cccc4c3C2(O)C(=O)N4C)C1(C)C. The molecule has 7 heteroatoms. The molecule has 27 heavy (non-hydrogen) atoms. The summed E-state index contributed by atoms with van der Waals surface area (Å²) in [5.74, 6) is -3.52. The van der Waals surface area contributed by atoms with E-state index in [0.717, 1.165) is 10.5 Å². The van der Waals surface area contributed by atoms with Crippen LogP contribution in [0.5, 0.6) is 0 Å². The van der Waals surface area contributed by atoms with Crippen molar-refractivity contribution in [3.63, 3.8) is 0 Å². The Morgan fingerprint density at radius 3 is 2.56 bits per heavy atom. The van der Waals surface area contributed by atoms with Crippen LogP contribution in [-0.4, -0.2) is 46.1 Å². The van der Waals surface area contributed by atoms with Crippen LogP contribution in [0.4, 0.5) is 5.69 Å². The smallest absolute Gasteiger partial charge is 0.264 e. The van der Waals surface area contributed by atoms with Crippen molar-refractivity contribution in [2.24, 2.45) is 11.8 Å². The van der Waals surface area contributed by atoms with Crippen LogP contribution in [0.15, 0.2) is 18.2 Å². The summed E-state index contributed by atoms with van der Waals surface area (Å²) in [6, 6.07) is 5.43. The monoisotopic (exact) mass is 370 g/mol. The predicted octanol–water partition coefficient (Wildman–Crippen LogP) is 0.766. The number of fused-ring (bicyclic) bond motifs is 2. The van der Waals surface area contributed by atoms with Crippen LogP contribution < -0.4 is 4.90 Å². The molecule has 1 aromatic carbocycles. The van der Waals surface area contributed by atoms with Gasteiger partial charge in [0.15, 0.2) is 5.60 Å². The number of carbonyl (C=O) groups excluding carboxylic acids is 4. The average Bonchev–Trinajstić information content (AvgIpc) is 2.89. The summed E-state index contributed by atoms with van der Waals surface area (Å²) >= 11 is 0. The van der Waals surface area contributed by atoms with E-state index in [1.165, 1.54) is 11.8 Å². The van der Waals surface area contributed by atoms with Gasteiger partial charge in [0, 0.05) is 24.1 Å². The molecule has 0 aromatic heterocycles. The minimum Gasteiger partial charge on any atom is -0.375 e. The number of ketones is 1. The van der Waals surface area contributed by atoms with Crippen LogP contribution in [-0.2, 0) is 31.2 Å². The molecule has 0 bridgehead atoms. The van der Waals surface area contributed by atoms with Gasteiger partial charge in [-0.3, -0.25) is 24.1 Å². The lowest BCUT2D eigenvalue weighted by Gasteiger charge is -2.40. The molecule has 0 radical (unpaired) electrons. The second-order valence-electron chi connectivity index (χ2n) is 8.33. The lowest BCUT2D eigenvalue weighted by molar-refractivity contribution is -0.157. The fraction of sp³-hybridized carbons (Fsp3) is 0.500. The van der Waals surface area contributed by atoms with E-state index in [0.29, 0.717) is 17.7 Å². The van der Waals surface area contributed by atoms with E-state index in [1.54, 1.807) is 27.0 Å². The molecule has 1 N–H and O–H groups in total. The number of amides is 3. The predicted molar refractivity (Wildman–Crippen MR) is 95.7 cm³/mol. The molecule has 3 amide bonds. The second-order valence-corrected chi connectivity index (χ2v) is 8.33. The molecule has 0 saturated carbocycles. The zero-order valence-electron chi connectivity index (χ0n) is 15.8. The highest BCUT2D eigenvalue weighted by Gasteiger charge is 2.69. The van der Waals surface area contributed by atoms with Crippen LogP contribution in [0.25, 0.3) is 0 Å². The molecule has 3 atom stereocenters. The Labute approximate surface area is 156 Å². The van der Waals surface area contributed by atoms with Crippen molar-refractivity contribution in [3.05, 3.63) is 29.3 Å². The minimum atomic E-state index is -1.98. The number of nitrogens with zero attached hydrogens (tertiary/aromatic N) is 2. The summed E-state index contributed by atoms with van der Waals surface area (Å²) < 4.78 is 0. The summed E-state index contributed by atoms with van der Waals surface area (Å²) in [5.41, 5.74) is -1.01. The lowest BCUT2D eigenvalue weighted by atomic mass is 9.63. The van der Waals surface area contributed by atoms with Gasteiger partial charge in [0.25, 0.3) is 5.91 Å². The Morgan fingerprint density at radius 1 is 1.26 bits per heavy atom. The number of likely N-dealkylation sites (N-methyl/N-ethyl adjacent to an activating group) is 1. The first-order valence-electron chi connectivity index (χ1n) is 9.02. The molecule has 7 nitrogen and oxygen atoms in total. The third-order valence-corrected chi connectivity index (χ3v) is 6.41. The number of rotatable bonds is 2. The van der Waals surface area contributed by atoms with Crippen molar-refractivity contribution in [2.75, 3.05) is 11.9 Å². The number of likely N-dealkylation sites (tertiary alicyclic amines) is 1. The van der Waals surface area contributed by atoms with Crippen molar-refractivity contribution < 1.29 is 24.3 Å². The van der Waals surface area contributed by atoms with E-state index in [-0.39, 0.29) is 12.2 Å². The quantitative estimate of drug-likeness (QED) is 0.776. The molecule has 1 fully saturated rings. The van der Waals surface area contributed by atoms with Gasteiger partial charge in [-0.1, -0.05) is 12.1 Å². The van der Waals surface area contributed by atoms with Crippen molar-refractivity contribution in [1.82, 2.24) is 4.90 Å². The Hall–Kier alpha value is -2.54. The van der Waals surface area contributed by atoms with Crippen molar-refractivity contribution in [2.45, 2.75) is 44.8 Å². The maximum Gasteiger partial charge on any atom is 0.264 e. The number of Topliss-reactive ketones (excluding diaryl/α,β-unsaturated/α-hetero) is 1. The summed E-state index contributed by atoms with van der Waals surface area (Å²) in [6.45, 7) is 4.81. The molecular weight excluding hydrogens is 348 g/mol. The van der Waals surface area contributed by atoms with Crippen molar-refractivity contribution in [3.8, 4) is 0 Å². The fourth-order valence-electron chi connectivity index (χ4n) is 5.22. The second kappa shape index (κ2) is 5.25. The first-order valence-corrected chi connectivity index (χ1v) is 9.02. The van der Waals surface area contributed by atoms with Crippen molar-refractivity contribution >= 4 is 29.2 Å². The topological polar surface area (TPSA) is 95.0 Å². The number of aliphatic hydroxyl groups is 1. The third kappa shape index (κ3) is 2.00. The molecule has 0 spiro atoms. The number of anilines is 1. The number of hydrogen-bond donors (Lipinski definition) is 1. The van der Waals surface area contributed by atoms with E-state index in [2.05, 4.69) is 0 Å². The van der Waals surface area contributed by atoms with Gasteiger partial charge in [0.1, 0.15) is 5.78 Å². The Balaban J connectivity index is 1.90. The highest BCUT2D eigenvalue weighted by Crippen LogP contribution is 2.58. The largest absolute Gasteiger partial charge is 0.375 e. The van der Waals surface area contributed by atoms with Gasteiger partial charge in [0.05, 0.1) is 18.0 Å². The zero-order chi connectivity index (χ0) is 19.9. The van der Waals surface area contributed by atoms with Gasteiger partial charge < -0.3 is 10.0 Å². The fourth-order valence-corrected chi connectivity index (χ4v) is 5.22. The molecule has 3 aliphatic rings. The van der Waals surface area contributed by atoms with Gasteiger partial charge in [0.2, 0.25) is 11.8 Å². The summed E-state index contributed by atoms with van der Waals surface area (Å²) in [6.07, 6.45) is 0.0962. The molecule has 1 saturated heterocycles. The van der Waals surface area contributed by atoms with Gasteiger partial charge in [-0.2, -0.15) is 0 Å². The van der Waals surface area contributed by atoms with Gasteiger partial charge in [-0.25, -0.2) is 0 Å². The molecule has 1 aromatic rings.